The molecule has 0 saturated heterocycles. The van der Waals surface area contributed by atoms with E-state index >= 15 is 0 Å². The first-order valence-electron chi connectivity index (χ1n) is 8.36. The predicted molar refractivity (Wildman–Crippen MR) is 118 cm³/mol. The summed E-state index contributed by atoms with van der Waals surface area (Å²) in [7, 11) is 1.68. The molecule has 2 aromatic heterocycles. The SMILES string of the molecule is Cn1c(Cc2ccc(I)cc2Cl)c(C(=O)NCCCO)c2sccc2c1=O. The lowest BCUT2D eigenvalue weighted by Gasteiger charge is -2.16. The Morgan fingerprint density at radius 2 is 2.15 bits per heavy atom. The molecule has 2 heterocycles. The van der Waals surface area contributed by atoms with Gasteiger partial charge in [-0.3, -0.25) is 9.59 Å². The minimum atomic E-state index is -0.247. The van der Waals surface area contributed by atoms with E-state index in [0.717, 1.165) is 9.13 Å². The summed E-state index contributed by atoms with van der Waals surface area (Å²) in [5.41, 5.74) is 1.84. The molecule has 0 unspecified atom stereocenters. The number of halogens is 2. The first kappa shape index (κ1) is 20.3. The van der Waals surface area contributed by atoms with Gasteiger partial charge in [-0.25, -0.2) is 0 Å². The molecule has 1 aromatic carbocycles. The van der Waals surface area contributed by atoms with Crippen LogP contribution in [-0.4, -0.2) is 28.7 Å². The zero-order valence-electron chi connectivity index (χ0n) is 14.6. The van der Waals surface area contributed by atoms with Crippen molar-refractivity contribution in [2.45, 2.75) is 12.8 Å². The molecule has 0 fully saturated rings. The fraction of sp³-hybridized carbons (Fsp3) is 0.263. The van der Waals surface area contributed by atoms with Crippen LogP contribution < -0.4 is 10.9 Å². The second-order valence-electron chi connectivity index (χ2n) is 6.09. The fourth-order valence-corrected chi connectivity index (χ4v) is 4.80. The average molecular weight is 517 g/mol. The molecule has 2 N–H and O–H groups in total. The highest BCUT2D eigenvalue weighted by molar-refractivity contribution is 14.1. The molecular weight excluding hydrogens is 499 g/mol. The lowest BCUT2D eigenvalue weighted by atomic mass is 10.0. The summed E-state index contributed by atoms with van der Waals surface area (Å²) in [6, 6.07) is 7.47. The van der Waals surface area contributed by atoms with E-state index in [-0.39, 0.29) is 18.1 Å². The maximum absolute atomic E-state index is 12.9. The zero-order chi connectivity index (χ0) is 19.6. The number of pyridine rings is 1. The smallest absolute Gasteiger partial charge is 0.259 e. The summed E-state index contributed by atoms with van der Waals surface area (Å²) in [5, 5.41) is 14.8. The summed E-state index contributed by atoms with van der Waals surface area (Å²) in [6.07, 6.45) is 0.849. The van der Waals surface area contributed by atoms with E-state index in [9.17, 15) is 9.59 Å². The number of nitrogens with zero attached hydrogens (tertiary/aromatic N) is 1. The van der Waals surface area contributed by atoms with Gasteiger partial charge in [0.15, 0.2) is 0 Å². The number of aromatic nitrogens is 1. The highest BCUT2D eigenvalue weighted by Crippen LogP contribution is 2.28. The maximum atomic E-state index is 12.9. The van der Waals surface area contributed by atoms with Crippen LogP contribution in [0.1, 0.15) is 28.0 Å². The molecule has 8 heteroatoms. The fourth-order valence-electron chi connectivity index (χ4n) is 2.93. The van der Waals surface area contributed by atoms with E-state index in [0.29, 0.717) is 45.8 Å². The van der Waals surface area contributed by atoms with Gasteiger partial charge in [0.25, 0.3) is 11.5 Å². The van der Waals surface area contributed by atoms with Crippen molar-refractivity contribution in [1.82, 2.24) is 9.88 Å². The Balaban J connectivity index is 2.14. The van der Waals surface area contributed by atoms with Gasteiger partial charge in [0.2, 0.25) is 0 Å². The van der Waals surface area contributed by atoms with E-state index in [1.54, 1.807) is 13.1 Å². The van der Waals surface area contributed by atoms with Crippen LogP contribution in [0.15, 0.2) is 34.4 Å². The van der Waals surface area contributed by atoms with Crippen molar-refractivity contribution in [2.75, 3.05) is 13.2 Å². The first-order chi connectivity index (χ1) is 12.9. The summed E-state index contributed by atoms with van der Waals surface area (Å²) >= 11 is 9.95. The van der Waals surface area contributed by atoms with Gasteiger partial charge in [0, 0.05) is 40.9 Å². The third-order valence-corrected chi connectivity index (χ3v) is 6.30. The standard InChI is InChI=1S/C19H18ClIN2O3S/c1-23-15(9-11-3-4-12(21)10-14(11)20)16(18(25)22-6-2-7-24)17-13(19(23)26)5-8-27-17/h3-5,8,10,24H,2,6-7,9H2,1H3,(H,22,25). The molecule has 0 aliphatic carbocycles. The molecule has 142 valence electrons. The van der Waals surface area contributed by atoms with Crippen molar-refractivity contribution in [2.24, 2.45) is 7.05 Å². The Kier molecular flexibility index (Phi) is 6.56. The highest BCUT2D eigenvalue weighted by Gasteiger charge is 2.22. The van der Waals surface area contributed by atoms with Gasteiger partial charge in [0.1, 0.15) is 0 Å². The number of amides is 1. The number of rotatable bonds is 6. The Morgan fingerprint density at radius 3 is 2.85 bits per heavy atom. The third-order valence-electron chi connectivity index (χ3n) is 4.34. The topological polar surface area (TPSA) is 71.3 Å². The van der Waals surface area contributed by atoms with Crippen molar-refractivity contribution >= 4 is 61.5 Å². The quantitative estimate of drug-likeness (QED) is 0.389. The number of aliphatic hydroxyl groups excluding tert-OH is 1. The summed E-state index contributed by atoms with van der Waals surface area (Å²) in [6.45, 7) is 0.377. The van der Waals surface area contributed by atoms with Crippen LogP contribution in [0.3, 0.4) is 0 Å². The summed E-state index contributed by atoms with van der Waals surface area (Å²) in [5.74, 6) is -0.247. The monoisotopic (exact) mass is 516 g/mol. The normalized spacial score (nSPS) is 11.1. The largest absolute Gasteiger partial charge is 0.396 e. The Labute approximate surface area is 179 Å². The molecule has 0 aliphatic heterocycles. The number of hydrogen-bond acceptors (Lipinski definition) is 4. The molecule has 0 saturated carbocycles. The highest BCUT2D eigenvalue weighted by atomic mass is 127. The van der Waals surface area contributed by atoms with Gasteiger partial charge in [-0.1, -0.05) is 17.7 Å². The molecule has 1 amide bonds. The Bertz CT molecular complexity index is 1060. The molecule has 0 aliphatic rings. The number of hydrogen-bond donors (Lipinski definition) is 2. The predicted octanol–water partition coefficient (Wildman–Crippen LogP) is 3.56. The molecule has 0 atom stereocenters. The number of nitrogens with one attached hydrogen (secondary N) is 1. The van der Waals surface area contributed by atoms with Crippen LogP contribution in [0, 0.1) is 3.57 Å². The molecule has 0 radical (unpaired) electrons. The van der Waals surface area contributed by atoms with Gasteiger partial charge in [-0.2, -0.15) is 0 Å². The third kappa shape index (κ3) is 4.21. The number of thiophene rings is 1. The lowest BCUT2D eigenvalue weighted by Crippen LogP contribution is -2.30. The summed E-state index contributed by atoms with van der Waals surface area (Å²) in [4.78, 5) is 25.7. The zero-order valence-corrected chi connectivity index (χ0v) is 18.3. The minimum absolute atomic E-state index is 0.00703. The van der Waals surface area contributed by atoms with Crippen molar-refractivity contribution < 1.29 is 9.90 Å². The van der Waals surface area contributed by atoms with Gasteiger partial charge in [0.05, 0.1) is 15.6 Å². The molecule has 27 heavy (non-hydrogen) atoms. The van der Waals surface area contributed by atoms with E-state index < -0.39 is 0 Å². The van der Waals surface area contributed by atoms with Crippen LogP contribution in [-0.2, 0) is 13.5 Å². The molecule has 3 aromatic rings. The molecule has 0 bridgehead atoms. The van der Waals surface area contributed by atoms with Crippen molar-refractivity contribution in [3.63, 3.8) is 0 Å². The van der Waals surface area contributed by atoms with E-state index in [1.165, 1.54) is 15.9 Å². The van der Waals surface area contributed by atoms with Crippen LogP contribution in [0.5, 0.6) is 0 Å². The Hall–Kier alpha value is -1.42. The first-order valence-corrected chi connectivity index (χ1v) is 10.7. The van der Waals surface area contributed by atoms with E-state index in [4.69, 9.17) is 16.7 Å². The molecule has 0 spiro atoms. The number of fused-ring (bicyclic) bond motifs is 1. The number of aliphatic hydroxyl groups is 1. The Morgan fingerprint density at radius 1 is 1.37 bits per heavy atom. The summed E-state index contributed by atoms with van der Waals surface area (Å²) < 4.78 is 3.23. The average Bonchev–Trinajstić information content (AvgIpc) is 3.11. The van der Waals surface area contributed by atoms with Crippen LogP contribution in [0.2, 0.25) is 5.02 Å². The maximum Gasteiger partial charge on any atom is 0.259 e. The number of carbonyl (C=O) groups excluding carboxylic acids is 1. The van der Waals surface area contributed by atoms with Crippen molar-refractivity contribution in [1.29, 1.82) is 0 Å². The van der Waals surface area contributed by atoms with Crippen LogP contribution in [0.4, 0.5) is 0 Å². The van der Waals surface area contributed by atoms with Gasteiger partial charge < -0.3 is 15.0 Å². The van der Waals surface area contributed by atoms with Gasteiger partial charge >= 0.3 is 0 Å². The van der Waals surface area contributed by atoms with Gasteiger partial charge in [-0.15, -0.1) is 11.3 Å². The molecular formula is C19H18ClIN2O3S. The number of carbonyl (C=O) groups is 1. The van der Waals surface area contributed by atoms with Crippen LogP contribution in [0.25, 0.3) is 10.1 Å². The lowest BCUT2D eigenvalue weighted by molar-refractivity contribution is 0.0951. The second-order valence-corrected chi connectivity index (χ2v) is 8.66. The van der Waals surface area contributed by atoms with Crippen molar-refractivity contribution in [3.05, 3.63) is 65.4 Å². The van der Waals surface area contributed by atoms with Crippen molar-refractivity contribution in [3.8, 4) is 0 Å². The molecule has 3 rings (SSSR count). The van der Waals surface area contributed by atoms with Gasteiger partial charge in [-0.05, 0) is 58.2 Å². The van der Waals surface area contributed by atoms with E-state index in [1.807, 2.05) is 23.6 Å². The minimum Gasteiger partial charge on any atom is -0.396 e. The van der Waals surface area contributed by atoms with Crippen LogP contribution >= 0.6 is 45.5 Å². The molecule has 5 nitrogen and oxygen atoms in total. The van der Waals surface area contributed by atoms with E-state index in [2.05, 4.69) is 27.9 Å². The number of benzene rings is 1. The second kappa shape index (κ2) is 8.72.